The lowest BCUT2D eigenvalue weighted by atomic mass is 10.1. The quantitative estimate of drug-likeness (QED) is 0.888. The second-order valence-electron chi connectivity index (χ2n) is 4.43. The zero-order valence-corrected chi connectivity index (χ0v) is 10.7. The number of benzene rings is 1. The van der Waals surface area contributed by atoms with E-state index < -0.39 is 0 Å². The van der Waals surface area contributed by atoms with Crippen molar-refractivity contribution in [1.29, 1.82) is 0 Å². The van der Waals surface area contributed by atoms with Gasteiger partial charge in [0.05, 0.1) is 0 Å². The predicted molar refractivity (Wildman–Crippen MR) is 68.1 cm³/mol. The van der Waals surface area contributed by atoms with E-state index in [4.69, 9.17) is 0 Å². The Morgan fingerprint density at radius 2 is 2.18 bits per heavy atom. The van der Waals surface area contributed by atoms with Gasteiger partial charge in [0.15, 0.2) is 0 Å². The molecular formula is C13H17F2NS. The van der Waals surface area contributed by atoms with Crippen LogP contribution in [0.15, 0.2) is 18.2 Å². The highest BCUT2D eigenvalue weighted by molar-refractivity contribution is 7.99. The fourth-order valence-electron chi connectivity index (χ4n) is 2.36. The van der Waals surface area contributed by atoms with E-state index in [9.17, 15) is 8.78 Å². The molecule has 2 unspecified atom stereocenters. The van der Waals surface area contributed by atoms with E-state index >= 15 is 0 Å². The van der Waals surface area contributed by atoms with Crippen molar-refractivity contribution in [3.05, 3.63) is 35.4 Å². The molecule has 0 aliphatic heterocycles. The average Bonchev–Trinajstić information content (AvgIpc) is 2.77. The summed E-state index contributed by atoms with van der Waals surface area (Å²) in [5.74, 6) is -0.714. The number of thioether (sulfide) groups is 1. The van der Waals surface area contributed by atoms with Gasteiger partial charge in [0.1, 0.15) is 11.6 Å². The molecule has 0 amide bonds. The Labute approximate surface area is 105 Å². The molecule has 0 aromatic heterocycles. The molecule has 1 nitrogen and oxygen atoms in total. The van der Waals surface area contributed by atoms with Crippen LogP contribution in [0, 0.1) is 11.6 Å². The van der Waals surface area contributed by atoms with E-state index in [1.54, 1.807) is 0 Å². The Balaban J connectivity index is 1.95. The summed E-state index contributed by atoms with van der Waals surface area (Å²) in [6.45, 7) is 0.408. The highest BCUT2D eigenvalue weighted by Gasteiger charge is 2.25. The summed E-state index contributed by atoms with van der Waals surface area (Å²) < 4.78 is 26.4. The third-order valence-corrected chi connectivity index (χ3v) is 4.49. The molecule has 1 N–H and O–H groups in total. The standard InChI is InChI=1S/C13H17F2NS/c1-17-13-4-2-3-12(13)16-8-9-7-10(14)5-6-11(9)15/h5-7,12-13,16H,2-4,8H2,1H3. The van der Waals surface area contributed by atoms with Crippen molar-refractivity contribution in [3.8, 4) is 0 Å². The highest BCUT2D eigenvalue weighted by atomic mass is 32.2. The van der Waals surface area contributed by atoms with Gasteiger partial charge >= 0.3 is 0 Å². The highest BCUT2D eigenvalue weighted by Crippen LogP contribution is 2.28. The lowest BCUT2D eigenvalue weighted by molar-refractivity contribution is 0.510. The molecular weight excluding hydrogens is 240 g/mol. The van der Waals surface area contributed by atoms with Crippen molar-refractivity contribution in [2.75, 3.05) is 6.26 Å². The molecule has 2 rings (SSSR count). The molecule has 4 heteroatoms. The number of halogens is 2. The molecule has 1 aliphatic carbocycles. The maximum Gasteiger partial charge on any atom is 0.127 e. The van der Waals surface area contributed by atoms with Gasteiger partial charge in [-0.3, -0.25) is 0 Å². The van der Waals surface area contributed by atoms with Gasteiger partial charge in [-0.25, -0.2) is 8.78 Å². The van der Waals surface area contributed by atoms with Crippen molar-refractivity contribution in [1.82, 2.24) is 5.32 Å². The van der Waals surface area contributed by atoms with E-state index in [1.807, 2.05) is 11.8 Å². The van der Waals surface area contributed by atoms with Crippen LogP contribution < -0.4 is 5.32 Å². The normalized spacial score (nSPS) is 24.2. The summed E-state index contributed by atoms with van der Waals surface area (Å²) in [7, 11) is 0. The van der Waals surface area contributed by atoms with Crippen LogP contribution in [0.1, 0.15) is 24.8 Å². The summed E-state index contributed by atoms with van der Waals surface area (Å²) in [5.41, 5.74) is 0.414. The first-order chi connectivity index (χ1) is 8.20. The number of hydrogen-bond acceptors (Lipinski definition) is 2. The fourth-order valence-corrected chi connectivity index (χ4v) is 3.32. The Bertz CT molecular complexity index is 384. The van der Waals surface area contributed by atoms with E-state index in [0.717, 1.165) is 12.5 Å². The SMILES string of the molecule is CSC1CCCC1NCc1cc(F)ccc1F. The maximum atomic E-state index is 13.4. The second-order valence-corrected chi connectivity index (χ2v) is 5.51. The Kier molecular flexibility index (Phi) is 4.40. The summed E-state index contributed by atoms with van der Waals surface area (Å²) in [6.07, 6.45) is 5.66. The van der Waals surface area contributed by atoms with Gasteiger partial charge in [-0.05, 0) is 37.3 Å². The van der Waals surface area contributed by atoms with Crippen molar-refractivity contribution in [2.24, 2.45) is 0 Å². The summed E-state index contributed by atoms with van der Waals surface area (Å²) in [4.78, 5) is 0. The van der Waals surface area contributed by atoms with Crippen LogP contribution in [0.5, 0.6) is 0 Å². The first kappa shape index (κ1) is 12.8. The maximum absolute atomic E-state index is 13.4. The van der Waals surface area contributed by atoms with E-state index in [-0.39, 0.29) is 11.6 Å². The number of nitrogens with one attached hydrogen (secondary N) is 1. The van der Waals surface area contributed by atoms with Crippen molar-refractivity contribution in [2.45, 2.75) is 37.1 Å². The molecule has 0 heterocycles. The minimum atomic E-state index is -0.379. The molecule has 1 aromatic carbocycles. The minimum absolute atomic E-state index is 0.336. The molecule has 0 saturated heterocycles. The summed E-state index contributed by atoms with van der Waals surface area (Å²) >= 11 is 1.85. The van der Waals surface area contributed by atoms with Crippen LogP contribution in [0.2, 0.25) is 0 Å². The Morgan fingerprint density at radius 1 is 1.35 bits per heavy atom. The zero-order chi connectivity index (χ0) is 12.3. The van der Waals surface area contributed by atoms with Gasteiger partial charge in [-0.1, -0.05) is 6.42 Å². The van der Waals surface area contributed by atoms with E-state index in [0.29, 0.717) is 23.4 Å². The van der Waals surface area contributed by atoms with Crippen molar-refractivity contribution in [3.63, 3.8) is 0 Å². The van der Waals surface area contributed by atoms with Gasteiger partial charge in [-0.15, -0.1) is 0 Å². The van der Waals surface area contributed by atoms with Crippen LogP contribution in [0.3, 0.4) is 0 Å². The lowest BCUT2D eigenvalue weighted by Crippen LogP contribution is -2.33. The molecule has 94 valence electrons. The molecule has 1 aliphatic rings. The molecule has 1 saturated carbocycles. The first-order valence-corrected chi connectivity index (χ1v) is 7.19. The summed E-state index contributed by atoms with van der Waals surface area (Å²) in [6, 6.07) is 4.03. The Hall–Kier alpha value is -0.610. The zero-order valence-electron chi connectivity index (χ0n) is 9.88. The number of hydrogen-bond donors (Lipinski definition) is 1. The number of rotatable bonds is 4. The minimum Gasteiger partial charge on any atom is -0.309 e. The lowest BCUT2D eigenvalue weighted by Gasteiger charge is -2.19. The predicted octanol–water partition coefficient (Wildman–Crippen LogP) is 3.34. The van der Waals surface area contributed by atoms with Crippen LogP contribution in [0.4, 0.5) is 8.78 Å². The first-order valence-electron chi connectivity index (χ1n) is 5.91. The van der Waals surface area contributed by atoms with Gasteiger partial charge < -0.3 is 5.32 Å². The molecule has 0 spiro atoms. The molecule has 17 heavy (non-hydrogen) atoms. The van der Waals surface area contributed by atoms with Gasteiger partial charge in [0.2, 0.25) is 0 Å². The van der Waals surface area contributed by atoms with Crippen LogP contribution in [-0.2, 0) is 6.54 Å². The molecule has 2 atom stereocenters. The molecule has 1 aromatic rings. The van der Waals surface area contributed by atoms with E-state index in [1.165, 1.54) is 25.0 Å². The summed E-state index contributed by atoms with van der Waals surface area (Å²) in [5, 5.41) is 3.94. The third-order valence-electron chi connectivity index (χ3n) is 3.32. The largest absolute Gasteiger partial charge is 0.309 e. The smallest absolute Gasteiger partial charge is 0.127 e. The molecule has 0 bridgehead atoms. The topological polar surface area (TPSA) is 12.0 Å². The van der Waals surface area contributed by atoms with Crippen LogP contribution >= 0.6 is 11.8 Å². The fraction of sp³-hybridized carbons (Fsp3) is 0.538. The average molecular weight is 257 g/mol. The Morgan fingerprint density at radius 3 is 2.94 bits per heavy atom. The van der Waals surface area contributed by atoms with Crippen molar-refractivity contribution >= 4 is 11.8 Å². The molecule has 1 fully saturated rings. The van der Waals surface area contributed by atoms with Crippen LogP contribution in [0.25, 0.3) is 0 Å². The third kappa shape index (κ3) is 3.19. The second kappa shape index (κ2) is 5.83. The van der Waals surface area contributed by atoms with Gasteiger partial charge in [0, 0.05) is 23.4 Å². The monoisotopic (exact) mass is 257 g/mol. The molecule has 0 radical (unpaired) electrons. The van der Waals surface area contributed by atoms with Crippen molar-refractivity contribution < 1.29 is 8.78 Å². The van der Waals surface area contributed by atoms with Gasteiger partial charge in [0.25, 0.3) is 0 Å². The van der Waals surface area contributed by atoms with Gasteiger partial charge in [-0.2, -0.15) is 11.8 Å². The van der Waals surface area contributed by atoms with Crippen LogP contribution in [-0.4, -0.2) is 17.5 Å². The van der Waals surface area contributed by atoms with E-state index in [2.05, 4.69) is 11.6 Å².